The van der Waals surface area contributed by atoms with Crippen LogP contribution in [0.3, 0.4) is 0 Å². The second-order valence-electron chi connectivity index (χ2n) is 5.93. The van der Waals surface area contributed by atoms with Crippen LogP contribution in [0.1, 0.15) is 30.8 Å². The van der Waals surface area contributed by atoms with Crippen molar-refractivity contribution in [2.45, 2.75) is 26.2 Å². The number of hydrogen-bond donors (Lipinski definition) is 0. The lowest BCUT2D eigenvalue weighted by atomic mass is 10.1. The van der Waals surface area contributed by atoms with E-state index in [1.807, 2.05) is 42.2 Å². The zero-order chi connectivity index (χ0) is 17.1. The molecule has 0 saturated carbocycles. The third-order valence-corrected chi connectivity index (χ3v) is 4.13. The summed E-state index contributed by atoms with van der Waals surface area (Å²) in [5, 5.41) is 0. The predicted octanol–water partition coefficient (Wildman–Crippen LogP) is 2.92. The van der Waals surface area contributed by atoms with Gasteiger partial charge in [0.25, 0.3) is 0 Å². The molecule has 3 rings (SSSR count). The lowest BCUT2D eigenvalue weighted by molar-refractivity contribution is -0.127. The topological polar surface area (TPSA) is 64.6 Å². The first-order chi connectivity index (χ1) is 11.5. The van der Waals surface area contributed by atoms with Gasteiger partial charge in [-0.1, -0.05) is 0 Å². The molecular formula is C18H21N3O3. The lowest BCUT2D eigenvalue weighted by Crippen LogP contribution is -2.25. The molecule has 1 saturated heterocycles. The van der Waals surface area contributed by atoms with Gasteiger partial charge in [-0.05, 0) is 37.6 Å². The molecule has 2 aromatic rings. The van der Waals surface area contributed by atoms with E-state index >= 15 is 0 Å². The summed E-state index contributed by atoms with van der Waals surface area (Å²) in [5.41, 5.74) is 0.852. The molecule has 2 heterocycles. The Balaban J connectivity index is 1.77. The number of nitrogens with zero attached hydrogens (tertiary/aromatic N) is 3. The van der Waals surface area contributed by atoms with Crippen LogP contribution in [0, 0.1) is 6.92 Å². The number of hydrogen-bond acceptors (Lipinski definition) is 5. The Bertz CT molecular complexity index is 731. The van der Waals surface area contributed by atoms with Crippen LogP contribution in [0.5, 0.6) is 17.4 Å². The zero-order valence-electron chi connectivity index (χ0n) is 14.2. The minimum absolute atomic E-state index is 0.0971. The molecule has 6 nitrogen and oxygen atoms in total. The second-order valence-corrected chi connectivity index (χ2v) is 5.93. The van der Waals surface area contributed by atoms with Gasteiger partial charge in [0.05, 0.1) is 7.11 Å². The van der Waals surface area contributed by atoms with E-state index in [0.717, 1.165) is 30.2 Å². The van der Waals surface area contributed by atoms with E-state index in [9.17, 15) is 4.79 Å². The van der Waals surface area contributed by atoms with Gasteiger partial charge in [0, 0.05) is 37.7 Å². The second kappa shape index (κ2) is 6.86. The minimum atomic E-state index is 0.0971. The van der Waals surface area contributed by atoms with E-state index in [-0.39, 0.29) is 11.8 Å². The summed E-state index contributed by atoms with van der Waals surface area (Å²) in [6, 6.07) is 9.16. The van der Waals surface area contributed by atoms with Crippen molar-refractivity contribution in [3.05, 3.63) is 41.9 Å². The van der Waals surface area contributed by atoms with Crippen LogP contribution in [0.15, 0.2) is 30.3 Å². The zero-order valence-corrected chi connectivity index (χ0v) is 14.2. The highest BCUT2D eigenvalue weighted by Crippen LogP contribution is 2.28. The third kappa shape index (κ3) is 3.64. The highest BCUT2D eigenvalue weighted by molar-refractivity contribution is 5.73. The molecule has 1 aliphatic heterocycles. The van der Waals surface area contributed by atoms with Crippen molar-refractivity contribution in [2.75, 3.05) is 20.2 Å². The van der Waals surface area contributed by atoms with Crippen molar-refractivity contribution in [3.8, 4) is 17.4 Å². The average molecular weight is 327 g/mol. The molecule has 1 fully saturated rings. The van der Waals surface area contributed by atoms with E-state index in [2.05, 4.69) is 9.97 Å². The first-order valence-corrected chi connectivity index (χ1v) is 7.98. The van der Waals surface area contributed by atoms with Crippen molar-refractivity contribution in [1.82, 2.24) is 14.9 Å². The fourth-order valence-corrected chi connectivity index (χ4v) is 2.82. The van der Waals surface area contributed by atoms with Crippen LogP contribution in [0.4, 0.5) is 0 Å². The molecule has 126 valence electrons. The molecule has 1 unspecified atom stereocenters. The largest absolute Gasteiger partial charge is 0.497 e. The van der Waals surface area contributed by atoms with E-state index < -0.39 is 0 Å². The van der Waals surface area contributed by atoms with Crippen LogP contribution in [-0.4, -0.2) is 41.0 Å². The Morgan fingerprint density at radius 2 is 1.92 bits per heavy atom. The summed E-state index contributed by atoms with van der Waals surface area (Å²) in [7, 11) is 1.63. The van der Waals surface area contributed by atoms with E-state index in [1.54, 1.807) is 14.0 Å². The maximum atomic E-state index is 11.5. The third-order valence-electron chi connectivity index (χ3n) is 4.13. The summed E-state index contributed by atoms with van der Waals surface area (Å²) in [6.07, 6.45) is 0.880. The van der Waals surface area contributed by atoms with Crippen LogP contribution in [-0.2, 0) is 4.79 Å². The number of aryl methyl sites for hydroxylation is 1. The number of methoxy groups -OCH3 is 1. The van der Waals surface area contributed by atoms with Gasteiger partial charge in [-0.2, -0.15) is 4.98 Å². The first kappa shape index (κ1) is 16.2. The van der Waals surface area contributed by atoms with Gasteiger partial charge in [-0.15, -0.1) is 0 Å². The molecular weight excluding hydrogens is 306 g/mol. The number of rotatable bonds is 4. The van der Waals surface area contributed by atoms with Crippen molar-refractivity contribution < 1.29 is 14.3 Å². The van der Waals surface area contributed by atoms with E-state index in [4.69, 9.17) is 9.47 Å². The van der Waals surface area contributed by atoms with Crippen LogP contribution in [0.2, 0.25) is 0 Å². The maximum Gasteiger partial charge on any atom is 0.222 e. The maximum absolute atomic E-state index is 11.5. The standard InChI is InChI=1S/C18H21N3O3/c1-12-10-17(24-16-6-4-15(23-3)5-7-16)20-18(19-12)14-8-9-21(11-14)13(2)22/h4-7,10,14H,8-9,11H2,1-3H3. The lowest BCUT2D eigenvalue weighted by Gasteiger charge is -2.14. The molecule has 0 spiro atoms. The number of carbonyl (C=O) groups is 1. The fourth-order valence-electron chi connectivity index (χ4n) is 2.82. The molecule has 0 bridgehead atoms. The quantitative estimate of drug-likeness (QED) is 0.864. The Hall–Kier alpha value is -2.63. The summed E-state index contributed by atoms with van der Waals surface area (Å²) in [5.74, 6) is 2.98. The SMILES string of the molecule is COc1ccc(Oc2cc(C)nc(C3CCN(C(C)=O)C3)n2)cc1. The van der Waals surface area contributed by atoms with Gasteiger partial charge >= 0.3 is 0 Å². The average Bonchev–Trinajstić information content (AvgIpc) is 3.05. The molecule has 0 radical (unpaired) electrons. The van der Waals surface area contributed by atoms with E-state index in [1.165, 1.54) is 0 Å². The number of ether oxygens (including phenoxy) is 2. The molecule has 1 atom stereocenters. The summed E-state index contributed by atoms with van der Waals surface area (Å²) < 4.78 is 11.0. The number of benzene rings is 1. The van der Waals surface area contributed by atoms with Crippen LogP contribution < -0.4 is 9.47 Å². The van der Waals surface area contributed by atoms with Crippen LogP contribution >= 0.6 is 0 Å². The molecule has 0 N–H and O–H groups in total. The molecule has 0 aliphatic carbocycles. The Morgan fingerprint density at radius 1 is 1.21 bits per heavy atom. The summed E-state index contributed by atoms with van der Waals surface area (Å²) in [4.78, 5) is 22.4. The van der Waals surface area contributed by atoms with Gasteiger partial charge < -0.3 is 14.4 Å². The smallest absolute Gasteiger partial charge is 0.222 e. The normalized spacial score (nSPS) is 17.0. The van der Waals surface area contributed by atoms with Gasteiger partial charge in [-0.3, -0.25) is 4.79 Å². The Morgan fingerprint density at radius 3 is 2.54 bits per heavy atom. The summed E-state index contributed by atoms with van der Waals surface area (Å²) in [6.45, 7) is 4.94. The predicted molar refractivity (Wildman–Crippen MR) is 89.4 cm³/mol. The number of aromatic nitrogens is 2. The van der Waals surface area contributed by atoms with Crippen molar-refractivity contribution in [1.29, 1.82) is 0 Å². The number of likely N-dealkylation sites (tertiary alicyclic amines) is 1. The number of amides is 1. The molecule has 24 heavy (non-hydrogen) atoms. The van der Waals surface area contributed by atoms with Gasteiger partial charge in [0.1, 0.15) is 17.3 Å². The molecule has 1 aromatic heterocycles. The molecule has 1 aliphatic rings. The molecule has 1 aromatic carbocycles. The Kier molecular flexibility index (Phi) is 4.64. The van der Waals surface area contributed by atoms with Crippen LogP contribution in [0.25, 0.3) is 0 Å². The summed E-state index contributed by atoms with van der Waals surface area (Å²) >= 11 is 0. The first-order valence-electron chi connectivity index (χ1n) is 7.98. The molecule has 6 heteroatoms. The van der Waals surface area contributed by atoms with E-state index in [0.29, 0.717) is 18.2 Å². The van der Waals surface area contributed by atoms with Gasteiger partial charge in [-0.25, -0.2) is 4.98 Å². The minimum Gasteiger partial charge on any atom is -0.497 e. The highest BCUT2D eigenvalue weighted by atomic mass is 16.5. The highest BCUT2D eigenvalue weighted by Gasteiger charge is 2.28. The Labute approximate surface area is 141 Å². The number of carbonyl (C=O) groups excluding carboxylic acids is 1. The van der Waals surface area contributed by atoms with Crippen molar-refractivity contribution >= 4 is 5.91 Å². The fraction of sp³-hybridized carbons (Fsp3) is 0.389. The van der Waals surface area contributed by atoms with Gasteiger partial charge in [0.15, 0.2) is 0 Å². The van der Waals surface area contributed by atoms with Gasteiger partial charge in [0.2, 0.25) is 11.8 Å². The van der Waals surface area contributed by atoms with Crippen molar-refractivity contribution in [3.63, 3.8) is 0 Å². The monoisotopic (exact) mass is 327 g/mol. The van der Waals surface area contributed by atoms with Crippen molar-refractivity contribution in [2.24, 2.45) is 0 Å². The molecule has 1 amide bonds.